The number of ether oxygens (including phenoxy) is 2. The number of aromatic nitrogens is 1. The molecule has 23 heavy (non-hydrogen) atoms. The van der Waals surface area contributed by atoms with E-state index in [0.717, 1.165) is 10.9 Å². The summed E-state index contributed by atoms with van der Waals surface area (Å²) in [5.74, 6) is 0.391. The average Bonchev–Trinajstić information content (AvgIpc) is 3.00. The molecule has 1 aliphatic rings. The number of carbonyl (C=O) groups excluding carboxylic acids is 1. The molecular formula is C16H20N2O5. The normalized spacial score (nSPS) is 24.6. The number of methoxy groups -OCH3 is 1. The number of amides is 1. The third-order valence-corrected chi connectivity index (χ3v) is 4.26. The van der Waals surface area contributed by atoms with Crippen LogP contribution in [-0.4, -0.2) is 71.6 Å². The van der Waals surface area contributed by atoms with Crippen molar-refractivity contribution in [1.82, 2.24) is 9.88 Å². The molecule has 0 radical (unpaired) electrons. The molecule has 1 aromatic carbocycles. The van der Waals surface area contributed by atoms with Crippen LogP contribution in [0.25, 0.3) is 10.9 Å². The van der Waals surface area contributed by atoms with Gasteiger partial charge in [-0.1, -0.05) is 6.07 Å². The van der Waals surface area contributed by atoms with E-state index in [9.17, 15) is 15.0 Å². The van der Waals surface area contributed by atoms with Crippen molar-refractivity contribution < 1.29 is 24.5 Å². The molecule has 1 aliphatic heterocycles. The molecule has 1 fully saturated rings. The number of nitrogens with zero attached hydrogens (tertiary/aromatic N) is 1. The standard InChI is InChI=1S/C16H20N2O5/c1-18(12-7-23-8-13(19)15(12)20)16(21)11-6-9-10(17-11)4-3-5-14(9)22-2/h3-6,12-13,15,17,19-20H,7-8H2,1-2H3/t12-,13-,15+/m1/s1. The van der Waals surface area contributed by atoms with Gasteiger partial charge in [0.1, 0.15) is 23.7 Å². The van der Waals surface area contributed by atoms with Crippen LogP contribution in [0.1, 0.15) is 10.5 Å². The van der Waals surface area contributed by atoms with Crippen molar-refractivity contribution in [3.05, 3.63) is 30.0 Å². The van der Waals surface area contributed by atoms with E-state index in [0.29, 0.717) is 11.4 Å². The Morgan fingerprint density at radius 3 is 2.91 bits per heavy atom. The van der Waals surface area contributed by atoms with Crippen LogP contribution in [0, 0.1) is 0 Å². The molecule has 3 rings (SSSR count). The molecule has 1 saturated heterocycles. The highest BCUT2D eigenvalue weighted by Gasteiger charge is 2.36. The van der Waals surface area contributed by atoms with Crippen molar-refractivity contribution in [1.29, 1.82) is 0 Å². The van der Waals surface area contributed by atoms with Crippen LogP contribution in [0.4, 0.5) is 0 Å². The molecule has 7 heteroatoms. The quantitative estimate of drug-likeness (QED) is 0.759. The SMILES string of the molecule is COc1cccc2[nH]c(C(=O)N(C)[C@@H]3COC[C@@H](O)[C@H]3O)cc12. The molecule has 2 heterocycles. The van der Waals surface area contributed by atoms with E-state index in [-0.39, 0.29) is 19.1 Å². The predicted octanol–water partition coefficient (Wildman–Crippen LogP) is 0.369. The summed E-state index contributed by atoms with van der Waals surface area (Å²) in [4.78, 5) is 17.1. The Morgan fingerprint density at radius 2 is 2.17 bits per heavy atom. The second-order valence-electron chi connectivity index (χ2n) is 5.68. The van der Waals surface area contributed by atoms with Gasteiger partial charge in [-0.15, -0.1) is 0 Å². The van der Waals surface area contributed by atoms with E-state index in [4.69, 9.17) is 9.47 Å². The smallest absolute Gasteiger partial charge is 0.270 e. The van der Waals surface area contributed by atoms with Gasteiger partial charge in [0.15, 0.2) is 0 Å². The summed E-state index contributed by atoms with van der Waals surface area (Å²) in [6, 6.07) is 6.64. The van der Waals surface area contributed by atoms with Gasteiger partial charge in [0.05, 0.1) is 26.4 Å². The lowest BCUT2D eigenvalue weighted by Crippen LogP contribution is -2.56. The maximum absolute atomic E-state index is 12.7. The van der Waals surface area contributed by atoms with Gasteiger partial charge in [-0.25, -0.2) is 0 Å². The Hall–Kier alpha value is -2.09. The highest BCUT2D eigenvalue weighted by atomic mass is 16.5. The molecule has 3 N–H and O–H groups in total. The summed E-state index contributed by atoms with van der Waals surface area (Å²) in [6.07, 6.45) is -2.02. The highest BCUT2D eigenvalue weighted by molar-refractivity contribution is 5.99. The molecule has 124 valence electrons. The summed E-state index contributed by atoms with van der Waals surface area (Å²) < 4.78 is 10.5. The fourth-order valence-electron chi connectivity index (χ4n) is 2.87. The summed E-state index contributed by atoms with van der Waals surface area (Å²) in [7, 11) is 3.16. The van der Waals surface area contributed by atoms with Gasteiger partial charge in [-0.05, 0) is 18.2 Å². The number of likely N-dealkylation sites (N-methyl/N-ethyl adjacent to an activating group) is 1. The Bertz CT molecular complexity index is 714. The number of nitrogens with one attached hydrogen (secondary N) is 1. The van der Waals surface area contributed by atoms with E-state index in [1.807, 2.05) is 18.2 Å². The van der Waals surface area contributed by atoms with Gasteiger partial charge < -0.3 is 29.6 Å². The van der Waals surface area contributed by atoms with E-state index in [1.165, 1.54) is 4.90 Å². The molecule has 0 bridgehead atoms. The first-order chi connectivity index (χ1) is 11.0. The topological polar surface area (TPSA) is 95.0 Å². The molecular weight excluding hydrogens is 300 g/mol. The molecule has 0 spiro atoms. The van der Waals surface area contributed by atoms with Crippen LogP contribution in [0.15, 0.2) is 24.3 Å². The number of carbonyl (C=O) groups is 1. The van der Waals surface area contributed by atoms with E-state index in [2.05, 4.69) is 4.98 Å². The van der Waals surface area contributed by atoms with Crippen molar-refractivity contribution in [2.75, 3.05) is 27.4 Å². The first kappa shape index (κ1) is 15.8. The van der Waals surface area contributed by atoms with E-state index >= 15 is 0 Å². The zero-order valence-corrected chi connectivity index (χ0v) is 13.0. The number of H-pyrrole nitrogens is 1. The first-order valence-corrected chi connectivity index (χ1v) is 7.39. The molecule has 7 nitrogen and oxygen atoms in total. The number of aliphatic hydroxyl groups is 2. The van der Waals surface area contributed by atoms with Crippen LogP contribution in [0.3, 0.4) is 0 Å². The summed E-state index contributed by atoms with van der Waals surface area (Å²) in [5, 5.41) is 20.6. The third-order valence-electron chi connectivity index (χ3n) is 4.26. The fraction of sp³-hybridized carbons (Fsp3) is 0.438. The molecule has 1 amide bonds. The van der Waals surface area contributed by atoms with Gasteiger partial charge in [0.2, 0.25) is 0 Å². The number of aromatic amines is 1. The van der Waals surface area contributed by atoms with Crippen LogP contribution >= 0.6 is 0 Å². The van der Waals surface area contributed by atoms with Crippen LogP contribution in [0.5, 0.6) is 5.75 Å². The number of benzene rings is 1. The number of aliphatic hydroxyl groups excluding tert-OH is 2. The first-order valence-electron chi connectivity index (χ1n) is 7.39. The maximum Gasteiger partial charge on any atom is 0.270 e. The van der Waals surface area contributed by atoms with Gasteiger partial charge in [-0.3, -0.25) is 4.79 Å². The number of hydrogen-bond acceptors (Lipinski definition) is 5. The van der Waals surface area contributed by atoms with Gasteiger partial charge in [-0.2, -0.15) is 0 Å². The Labute approximate surface area is 133 Å². The lowest BCUT2D eigenvalue weighted by molar-refractivity contribution is -0.122. The van der Waals surface area contributed by atoms with Crippen LogP contribution in [0.2, 0.25) is 0 Å². The zero-order chi connectivity index (χ0) is 16.6. The lowest BCUT2D eigenvalue weighted by Gasteiger charge is -2.37. The van der Waals surface area contributed by atoms with Gasteiger partial charge in [0.25, 0.3) is 5.91 Å². The third kappa shape index (κ3) is 2.78. The maximum atomic E-state index is 12.7. The number of fused-ring (bicyclic) bond motifs is 1. The van der Waals surface area contributed by atoms with Crippen molar-refractivity contribution in [2.24, 2.45) is 0 Å². The summed E-state index contributed by atoms with van der Waals surface area (Å²) in [6.45, 7) is 0.257. The fourth-order valence-corrected chi connectivity index (χ4v) is 2.87. The molecule has 1 aromatic heterocycles. The van der Waals surface area contributed by atoms with Crippen molar-refractivity contribution >= 4 is 16.8 Å². The van der Waals surface area contributed by atoms with Crippen molar-refractivity contribution in [3.8, 4) is 5.75 Å². The average molecular weight is 320 g/mol. The van der Waals surface area contributed by atoms with Crippen molar-refractivity contribution in [3.63, 3.8) is 0 Å². The Kier molecular flexibility index (Phi) is 4.25. The second-order valence-corrected chi connectivity index (χ2v) is 5.68. The summed E-state index contributed by atoms with van der Waals surface area (Å²) in [5.41, 5.74) is 1.18. The number of hydrogen-bond donors (Lipinski definition) is 3. The summed E-state index contributed by atoms with van der Waals surface area (Å²) >= 11 is 0. The van der Waals surface area contributed by atoms with Crippen LogP contribution < -0.4 is 4.74 Å². The van der Waals surface area contributed by atoms with E-state index < -0.39 is 18.2 Å². The predicted molar refractivity (Wildman–Crippen MR) is 83.6 cm³/mol. The highest BCUT2D eigenvalue weighted by Crippen LogP contribution is 2.27. The van der Waals surface area contributed by atoms with Crippen molar-refractivity contribution in [2.45, 2.75) is 18.2 Å². The molecule has 3 atom stereocenters. The monoisotopic (exact) mass is 320 g/mol. The molecule has 0 saturated carbocycles. The minimum Gasteiger partial charge on any atom is -0.496 e. The van der Waals surface area contributed by atoms with Gasteiger partial charge >= 0.3 is 0 Å². The lowest BCUT2D eigenvalue weighted by atomic mass is 10.0. The Balaban J connectivity index is 1.87. The zero-order valence-electron chi connectivity index (χ0n) is 13.0. The minimum absolute atomic E-state index is 0.0727. The largest absolute Gasteiger partial charge is 0.496 e. The van der Waals surface area contributed by atoms with Crippen LogP contribution in [-0.2, 0) is 4.74 Å². The number of rotatable bonds is 3. The molecule has 0 aliphatic carbocycles. The Morgan fingerprint density at radius 1 is 1.39 bits per heavy atom. The molecule has 2 aromatic rings. The van der Waals surface area contributed by atoms with E-state index in [1.54, 1.807) is 20.2 Å². The minimum atomic E-state index is -1.03. The van der Waals surface area contributed by atoms with Gasteiger partial charge in [0, 0.05) is 18.0 Å². The second kappa shape index (κ2) is 6.19. The molecule has 0 unspecified atom stereocenters.